The van der Waals surface area contributed by atoms with Crippen molar-refractivity contribution in [3.05, 3.63) is 36.2 Å². The summed E-state index contributed by atoms with van der Waals surface area (Å²) in [7, 11) is 0. The molecule has 3 heterocycles. The van der Waals surface area contributed by atoms with Crippen LogP contribution in [-0.4, -0.2) is 32.8 Å². The molecule has 21 heavy (non-hydrogen) atoms. The fraction of sp³-hybridized carbons (Fsp3) is 0.417. The van der Waals surface area contributed by atoms with E-state index in [1.807, 2.05) is 0 Å². The lowest BCUT2D eigenvalue weighted by Gasteiger charge is -2.33. The number of hydrogen-bond acceptors (Lipinski definition) is 4. The van der Waals surface area contributed by atoms with Crippen LogP contribution >= 0.6 is 0 Å². The van der Waals surface area contributed by atoms with E-state index in [0.29, 0.717) is 12.8 Å². The molecule has 1 fully saturated rings. The third-order valence-electron chi connectivity index (χ3n) is 3.57. The number of rotatable bonds is 2. The molecule has 3 rings (SSSR count). The van der Waals surface area contributed by atoms with Crippen molar-refractivity contribution in [2.45, 2.75) is 18.9 Å². The van der Waals surface area contributed by atoms with Gasteiger partial charge in [0.25, 0.3) is 11.9 Å². The topological polar surface area (TPSA) is 46.8 Å². The van der Waals surface area contributed by atoms with Gasteiger partial charge < -0.3 is 4.90 Å². The van der Waals surface area contributed by atoms with Crippen molar-refractivity contribution in [1.29, 1.82) is 0 Å². The maximum Gasteiger partial charge on any atom is 0.253 e. The lowest BCUT2D eigenvalue weighted by Crippen LogP contribution is -2.36. The van der Waals surface area contributed by atoms with Crippen LogP contribution in [0.3, 0.4) is 0 Å². The van der Waals surface area contributed by atoms with Gasteiger partial charge in [0.05, 0.1) is 6.04 Å². The molecule has 112 valence electrons. The second kappa shape index (κ2) is 5.30. The van der Waals surface area contributed by atoms with Gasteiger partial charge in [-0.05, 0) is 12.8 Å². The van der Waals surface area contributed by atoms with Gasteiger partial charge in [-0.25, -0.2) is 9.67 Å². The summed E-state index contributed by atoms with van der Waals surface area (Å²) in [5.41, 5.74) is -0.697. The molecular weight excluding hydrogens is 290 g/mol. The first-order valence-electron chi connectivity index (χ1n) is 6.37. The average molecular weight is 301 g/mol. The third kappa shape index (κ3) is 2.43. The smallest absolute Gasteiger partial charge is 0.253 e. The van der Waals surface area contributed by atoms with Crippen molar-refractivity contribution in [2.24, 2.45) is 0 Å². The van der Waals surface area contributed by atoms with Crippen LogP contribution in [0.25, 0.3) is 0 Å². The van der Waals surface area contributed by atoms with Crippen LogP contribution in [0.2, 0.25) is 0 Å². The summed E-state index contributed by atoms with van der Waals surface area (Å²) in [6, 6.07) is 0.0476. The van der Waals surface area contributed by atoms with E-state index in [1.165, 1.54) is 11.2 Å². The molecule has 5 nitrogen and oxygen atoms in total. The average Bonchev–Trinajstić information content (AvgIpc) is 3.00. The molecule has 9 heteroatoms. The minimum atomic E-state index is -1.64. The number of nitrogens with zero attached hydrogens (tertiary/aromatic N) is 5. The summed E-state index contributed by atoms with van der Waals surface area (Å²) < 4.78 is 55.3. The summed E-state index contributed by atoms with van der Waals surface area (Å²) >= 11 is 0. The van der Waals surface area contributed by atoms with Gasteiger partial charge in [0.2, 0.25) is 11.6 Å². The normalized spacial score (nSPS) is 16.5. The fourth-order valence-electron chi connectivity index (χ4n) is 2.51. The predicted octanol–water partition coefficient (Wildman–Crippen LogP) is 2.07. The summed E-state index contributed by atoms with van der Waals surface area (Å²) in [5.74, 6) is -6.20. The van der Waals surface area contributed by atoms with Crippen LogP contribution in [-0.2, 0) is 0 Å². The Labute approximate surface area is 117 Å². The summed E-state index contributed by atoms with van der Waals surface area (Å²) in [6.07, 6.45) is 4.04. The van der Waals surface area contributed by atoms with Crippen molar-refractivity contribution in [3.63, 3.8) is 0 Å². The molecule has 1 aliphatic heterocycles. The van der Waals surface area contributed by atoms with Crippen LogP contribution in [0, 0.1) is 23.5 Å². The van der Waals surface area contributed by atoms with E-state index in [0.717, 1.165) is 0 Å². The van der Waals surface area contributed by atoms with E-state index >= 15 is 0 Å². The highest BCUT2D eigenvalue weighted by atomic mass is 19.2. The molecule has 0 unspecified atom stereocenters. The van der Waals surface area contributed by atoms with Crippen LogP contribution in [0.5, 0.6) is 0 Å². The van der Waals surface area contributed by atoms with Gasteiger partial charge in [0.15, 0.2) is 0 Å². The highest BCUT2D eigenvalue weighted by Crippen LogP contribution is 2.31. The van der Waals surface area contributed by atoms with Crippen LogP contribution < -0.4 is 4.90 Å². The van der Waals surface area contributed by atoms with Crippen molar-refractivity contribution in [3.8, 4) is 0 Å². The molecule has 2 aromatic heterocycles. The van der Waals surface area contributed by atoms with Crippen molar-refractivity contribution in [1.82, 2.24) is 19.7 Å². The minimum Gasteiger partial charge on any atom is -0.366 e. The summed E-state index contributed by atoms with van der Waals surface area (Å²) in [4.78, 5) is 7.67. The van der Waals surface area contributed by atoms with E-state index in [2.05, 4.69) is 15.1 Å². The quantitative estimate of drug-likeness (QED) is 0.629. The van der Waals surface area contributed by atoms with E-state index < -0.39 is 29.2 Å². The molecule has 0 atom stereocenters. The second-order valence-electron chi connectivity index (χ2n) is 4.76. The Bertz CT molecular complexity index is 611. The molecule has 0 bridgehead atoms. The van der Waals surface area contributed by atoms with Gasteiger partial charge in [0.1, 0.15) is 18.3 Å². The van der Waals surface area contributed by atoms with E-state index in [9.17, 15) is 17.6 Å². The van der Waals surface area contributed by atoms with Gasteiger partial charge in [-0.2, -0.15) is 27.6 Å². The lowest BCUT2D eigenvalue weighted by molar-refractivity contribution is 0.355. The van der Waals surface area contributed by atoms with E-state index in [4.69, 9.17) is 0 Å². The van der Waals surface area contributed by atoms with Crippen LogP contribution in [0.1, 0.15) is 18.9 Å². The molecule has 0 N–H and O–H groups in total. The zero-order valence-corrected chi connectivity index (χ0v) is 10.8. The SMILES string of the molecule is Fc1nc(F)c(F)c(N2CCC(n3cncn3)CC2)c1F. The fourth-order valence-corrected chi connectivity index (χ4v) is 2.51. The van der Waals surface area contributed by atoms with E-state index in [-0.39, 0.29) is 19.1 Å². The summed E-state index contributed by atoms with van der Waals surface area (Å²) in [6.45, 7) is 0.503. The Hall–Kier alpha value is -2.19. The number of pyridine rings is 1. The number of anilines is 1. The Kier molecular flexibility index (Phi) is 3.48. The third-order valence-corrected chi connectivity index (χ3v) is 3.57. The number of aromatic nitrogens is 4. The van der Waals surface area contributed by atoms with Crippen LogP contribution in [0.15, 0.2) is 12.7 Å². The first kappa shape index (κ1) is 13.8. The molecule has 0 amide bonds. The van der Waals surface area contributed by atoms with Crippen molar-refractivity contribution in [2.75, 3.05) is 18.0 Å². The van der Waals surface area contributed by atoms with Gasteiger partial charge in [-0.1, -0.05) is 0 Å². The standard InChI is InChI=1S/C12H11F4N5/c13-8-10(9(14)12(16)19-11(8)15)20-3-1-7(2-4-20)21-6-17-5-18-21/h5-7H,1-4H2. The minimum absolute atomic E-state index is 0.0476. The first-order chi connectivity index (χ1) is 10.1. The van der Waals surface area contributed by atoms with Gasteiger partial charge in [-0.3, -0.25) is 0 Å². The zero-order chi connectivity index (χ0) is 15.0. The molecule has 1 saturated heterocycles. The Morgan fingerprint density at radius 3 is 2.14 bits per heavy atom. The van der Waals surface area contributed by atoms with Gasteiger partial charge in [0, 0.05) is 13.1 Å². The van der Waals surface area contributed by atoms with Gasteiger partial charge in [-0.15, -0.1) is 0 Å². The maximum atomic E-state index is 13.7. The molecule has 0 radical (unpaired) electrons. The second-order valence-corrected chi connectivity index (χ2v) is 4.76. The van der Waals surface area contributed by atoms with Gasteiger partial charge >= 0.3 is 0 Å². The molecule has 0 saturated carbocycles. The number of halogens is 4. The Morgan fingerprint density at radius 2 is 1.62 bits per heavy atom. The predicted molar refractivity (Wildman–Crippen MR) is 64.6 cm³/mol. The zero-order valence-electron chi connectivity index (χ0n) is 10.8. The summed E-state index contributed by atoms with van der Waals surface area (Å²) in [5, 5.41) is 4.01. The van der Waals surface area contributed by atoms with Crippen LogP contribution in [0.4, 0.5) is 23.2 Å². The largest absolute Gasteiger partial charge is 0.366 e. The monoisotopic (exact) mass is 301 g/mol. The van der Waals surface area contributed by atoms with Crippen molar-refractivity contribution < 1.29 is 17.6 Å². The molecular formula is C12H11F4N5. The highest BCUT2D eigenvalue weighted by molar-refractivity contribution is 5.48. The Morgan fingerprint density at radius 1 is 1.00 bits per heavy atom. The Balaban J connectivity index is 1.81. The molecule has 0 spiro atoms. The molecule has 2 aromatic rings. The molecule has 1 aliphatic rings. The lowest BCUT2D eigenvalue weighted by atomic mass is 10.0. The maximum absolute atomic E-state index is 13.7. The molecule has 0 aromatic carbocycles. The number of piperidine rings is 1. The highest BCUT2D eigenvalue weighted by Gasteiger charge is 2.29. The first-order valence-corrected chi connectivity index (χ1v) is 6.37. The molecule has 0 aliphatic carbocycles. The number of hydrogen-bond donors (Lipinski definition) is 0. The van der Waals surface area contributed by atoms with Crippen molar-refractivity contribution >= 4 is 5.69 Å². The van der Waals surface area contributed by atoms with E-state index in [1.54, 1.807) is 11.0 Å².